The molecule has 1 amide bonds. The van der Waals surface area contributed by atoms with E-state index in [1.54, 1.807) is 6.20 Å². The fraction of sp³-hybridized carbons (Fsp3) is 0.238. The molecule has 1 N–H and O–H groups in total. The van der Waals surface area contributed by atoms with Crippen molar-refractivity contribution in [2.24, 2.45) is 0 Å². The number of nitrogens with zero attached hydrogens (tertiary/aromatic N) is 4. The first kappa shape index (κ1) is 17.1. The highest BCUT2D eigenvalue weighted by Crippen LogP contribution is 2.35. The molecule has 6 nitrogen and oxygen atoms in total. The van der Waals surface area contributed by atoms with Crippen LogP contribution in [0.2, 0.25) is 0 Å². The number of thiazole rings is 1. The first-order valence-corrected chi connectivity index (χ1v) is 10.2. The molecule has 1 aliphatic rings. The Labute approximate surface area is 166 Å². The number of fused-ring (bicyclic) bond motifs is 1. The average molecular weight is 389 g/mol. The molecule has 28 heavy (non-hydrogen) atoms. The topological polar surface area (TPSA) is 74.8 Å². The van der Waals surface area contributed by atoms with Crippen molar-refractivity contribution in [3.63, 3.8) is 0 Å². The van der Waals surface area contributed by atoms with E-state index in [0.29, 0.717) is 4.88 Å². The second-order valence-corrected chi connectivity index (χ2v) is 7.94. The van der Waals surface area contributed by atoms with Crippen LogP contribution in [0.5, 0.6) is 0 Å². The fourth-order valence-corrected chi connectivity index (χ4v) is 4.75. The van der Waals surface area contributed by atoms with E-state index in [4.69, 9.17) is 4.98 Å². The van der Waals surface area contributed by atoms with E-state index in [-0.39, 0.29) is 11.9 Å². The number of imidazole rings is 1. The molecule has 0 unspecified atom stereocenters. The van der Waals surface area contributed by atoms with Crippen molar-refractivity contribution in [1.82, 2.24) is 24.8 Å². The van der Waals surface area contributed by atoms with Crippen molar-refractivity contribution < 1.29 is 4.79 Å². The summed E-state index contributed by atoms with van der Waals surface area (Å²) in [6, 6.07) is 13.7. The Balaban J connectivity index is 1.47. The SMILES string of the molecule is Cc1nc(-c2ccccn2)sc1C(=O)N1CCC[C@@H]1c1nc2ccccc2[nH]1. The third-order valence-corrected chi connectivity index (χ3v) is 6.28. The van der Waals surface area contributed by atoms with Gasteiger partial charge in [0.15, 0.2) is 0 Å². The molecule has 0 spiro atoms. The summed E-state index contributed by atoms with van der Waals surface area (Å²) in [6.07, 6.45) is 3.63. The van der Waals surface area contributed by atoms with Crippen LogP contribution in [0.4, 0.5) is 0 Å². The van der Waals surface area contributed by atoms with Gasteiger partial charge in [-0.3, -0.25) is 9.78 Å². The molecule has 3 aromatic heterocycles. The Morgan fingerprint density at radius 1 is 1.18 bits per heavy atom. The standard InChI is InChI=1S/C21H19N5OS/c1-13-18(28-20(23-13)16-9-4-5-11-22-16)21(27)26-12-6-10-17(26)19-24-14-7-2-3-8-15(14)25-19/h2-5,7-9,11,17H,6,10,12H2,1H3,(H,24,25)/t17-/m1/s1. The lowest BCUT2D eigenvalue weighted by Crippen LogP contribution is -2.31. The van der Waals surface area contributed by atoms with E-state index in [0.717, 1.165) is 52.6 Å². The molecule has 0 bridgehead atoms. The minimum absolute atomic E-state index is 0.0279. The van der Waals surface area contributed by atoms with Crippen molar-refractivity contribution in [3.05, 3.63) is 65.1 Å². The third kappa shape index (κ3) is 2.88. The maximum absolute atomic E-state index is 13.3. The second-order valence-electron chi connectivity index (χ2n) is 6.94. The minimum Gasteiger partial charge on any atom is -0.340 e. The van der Waals surface area contributed by atoms with Crippen molar-refractivity contribution in [2.75, 3.05) is 6.54 Å². The predicted molar refractivity (Wildman–Crippen MR) is 109 cm³/mol. The number of amides is 1. The fourth-order valence-electron chi connectivity index (χ4n) is 3.75. The van der Waals surface area contributed by atoms with Gasteiger partial charge in [0.1, 0.15) is 15.7 Å². The zero-order chi connectivity index (χ0) is 19.1. The number of hydrogen-bond donors (Lipinski definition) is 1. The maximum Gasteiger partial charge on any atom is 0.266 e. The summed E-state index contributed by atoms with van der Waals surface area (Å²) in [5, 5.41) is 0.779. The molecular formula is C21H19N5OS. The number of nitrogens with one attached hydrogen (secondary N) is 1. The highest BCUT2D eigenvalue weighted by atomic mass is 32.1. The predicted octanol–water partition coefficient (Wildman–Crippen LogP) is 4.37. The van der Waals surface area contributed by atoms with E-state index in [1.807, 2.05) is 54.3 Å². The number of aryl methyl sites for hydroxylation is 1. The Morgan fingerprint density at radius 3 is 2.86 bits per heavy atom. The molecule has 1 fully saturated rings. The van der Waals surface area contributed by atoms with Gasteiger partial charge < -0.3 is 9.88 Å². The molecular weight excluding hydrogens is 370 g/mol. The number of benzene rings is 1. The summed E-state index contributed by atoms with van der Waals surface area (Å²) in [4.78, 5) is 33.0. The number of pyridine rings is 1. The zero-order valence-electron chi connectivity index (χ0n) is 15.4. The van der Waals surface area contributed by atoms with Crippen molar-refractivity contribution in [1.29, 1.82) is 0 Å². The molecule has 1 saturated heterocycles. The van der Waals surface area contributed by atoms with E-state index in [1.165, 1.54) is 11.3 Å². The lowest BCUT2D eigenvalue weighted by atomic mass is 10.2. The quantitative estimate of drug-likeness (QED) is 0.565. The van der Waals surface area contributed by atoms with Gasteiger partial charge in [-0.2, -0.15) is 0 Å². The Morgan fingerprint density at radius 2 is 2.04 bits per heavy atom. The number of carbonyl (C=O) groups is 1. The van der Waals surface area contributed by atoms with Crippen LogP contribution in [0.3, 0.4) is 0 Å². The van der Waals surface area contributed by atoms with Crippen LogP contribution in [0.1, 0.15) is 40.1 Å². The first-order chi connectivity index (χ1) is 13.7. The highest BCUT2D eigenvalue weighted by Gasteiger charge is 2.34. The Kier molecular flexibility index (Phi) is 4.16. The van der Waals surface area contributed by atoms with Gasteiger partial charge in [-0.1, -0.05) is 18.2 Å². The zero-order valence-corrected chi connectivity index (χ0v) is 16.2. The van der Waals surface area contributed by atoms with E-state index in [2.05, 4.69) is 15.0 Å². The smallest absolute Gasteiger partial charge is 0.266 e. The first-order valence-electron chi connectivity index (χ1n) is 9.35. The average Bonchev–Trinajstić information content (AvgIpc) is 3.45. The molecule has 140 valence electrons. The second kappa shape index (κ2) is 6.83. The van der Waals surface area contributed by atoms with Gasteiger partial charge in [0.05, 0.1) is 28.5 Å². The van der Waals surface area contributed by atoms with E-state index in [9.17, 15) is 4.79 Å². The van der Waals surface area contributed by atoms with Crippen molar-refractivity contribution in [3.8, 4) is 10.7 Å². The van der Waals surface area contributed by atoms with Crippen LogP contribution in [-0.2, 0) is 0 Å². The number of rotatable bonds is 3. The number of hydrogen-bond acceptors (Lipinski definition) is 5. The van der Waals surface area contributed by atoms with Crippen molar-refractivity contribution >= 4 is 28.3 Å². The van der Waals surface area contributed by atoms with Crippen LogP contribution in [-0.4, -0.2) is 37.3 Å². The van der Waals surface area contributed by atoms with Gasteiger partial charge in [0, 0.05) is 12.7 Å². The number of aromatic nitrogens is 4. The molecule has 0 aliphatic carbocycles. The molecule has 4 heterocycles. The van der Waals surface area contributed by atoms with Gasteiger partial charge in [-0.25, -0.2) is 9.97 Å². The van der Waals surface area contributed by atoms with Crippen LogP contribution < -0.4 is 0 Å². The summed E-state index contributed by atoms with van der Waals surface area (Å²) in [5.74, 6) is 0.888. The molecule has 0 radical (unpaired) electrons. The monoisotopic (exact) mass is 389 g/mol. The molecule has 1 atom stereocenters. The summed E-state index contributed by atoms with van der Waals surface area (Å²) < 4.78 is 0. The summed E-state index contributed by atoms with van der Waals surface area (Å²) in [5.41, 5.74) is 3.49. The van der Waals surface area contributed by atoms with Gasteiger partial charge in [-0.05, 0) is 44.0 Å². The number of likely N-dealkylation sites (tertiary alicyclic amines) is 1. The molecule has 1 aromatic carbocycles. The number of H-pyrrole nitrogens is 1. The normalized spacial score (nSPS) is 16.8. The van der Waals surface area contributed by atoms with E-state index < -0.39 is 0 Å². The van der Waals surface area contributed by atoms with Gasteiger partial charge >= 0.3 is 0 Å². The number of aromatic amines is 1. The Bertz CT molecular complexity index is 1120. The molecule has 0 saturated carbocycles. The molecule has 7 heteroatoms. The molecule has 1 aliphatic heterocycles. The van der Waals surface area contributed by atoms with Crippen LogP contribution in [0.15, 0.2) is 48.7 Å². The van der Waals surface area contributed by atoms with Gasteiger partial charge in [0.2, 0.25) is 0 Å². The van der Waals surface area contributed by atoms with Gasteiger partial charge in [0.25, 0.3) is 5.91 Å². The maximum atomic E-state index is 13.3. The van der Waals surface area contributed by atoms with Gasteiger partial charge in [-0.15, -0.1) is 11.3 Å². The van der Waals surface area contributed by atoms with Crippen molar-refractivity contribution in [2.45, 2.75) is 25.8 Å². The largest absolute Gasteiger partial charge is 0.340 e. The number of carbonyl (C=O) groups excluding carboxylic acids is 1. The third-order valence-electron chi connectivity index (χ3n) is 5.11. The van der Waals surface area contributed by atoms with Crippen LogP contribution >= 0.6 is 11.3 Å². The molecule has 4 aromatic rings. The summed E-state index contributed by atoms with van der Waals surface area (Å²) >= 11 is 1.41. The van der Waals surface area contributed by atoms with E-state index >= 15 is 0 Å². The Hall–Kier alpha value is -3.06. The lowest BCUT2D eigenvalue weighted by Gasteiger charge is -2.22. The minimum atomic E-state index is -0.0281. The van der Waals surface area contributed by atoms with Crippen LogP contribution in [0, 0.1) is 6.92 Å². The summed E-state index contributed by atoms with van der Waals surface area (Å²) in [7, 11) is 0. The number of para-hydroxylation sites is 2. The lowest BCUT2D eigenvalue weighted by molar-refractivity contribution is 0.0734. The van der Waals surface area contributed by atoms with Crippen LogP contribution in [0.25, 0.3) is 21.7 Å². The summed E-state index contributed by atoms with van der Waals surface area (Å²) in [6.45, 7) is 2.62. The molecule has 5 rings (SSSR count). The highest BCUT2D eigenvalue weighted by molar-refractivity contribution is 7.17.